The van der Waals surface area contributed by atoms with Gasteiger partial charge < -0.3 is 0 Å². The van der Waals surface area contributed by atoms with Crippen LogP contribution in [0.2, 0.25) is 13.3 Å². The zero-order valence-corrected chi connectivity index (χ0v) is 28.5. The molecule has 1 aromatic carbocycles. The van der Waals surface area contributed by atoms with Gasteiger partial charge in [-0.15, -0.1) is 0 Å². The predicted molar refractivity (Wildman–Crippen MR) is 164 cm³/mol. The number of unbranched alkanes of at least 4 members (excludes halogenated alkanes) is 3. The average molecular weight is 635 g/mol. The van der Waals surface area contributed by atoms with E-state index >= 15 is 0 Å². The van der Waals surface area contributed by atoms with Gasteiger partial charge in [-0.1, -0.05) is 0 Å². The van der Waals surface area contributed by atoms with Gasteiger partial charge in [0.25, 0.3) is 0 Å². The molecular formula is C33H57NO3Sn. The molecule has 1 N–H and O–H groups in total. The van der Waals surface area contributed by atoms with Gasteiger partial charge in [-0.2, -0.15) is 0 Å². The van der Waals surface area contributed by atoms with E-state index in [-0.39, 0.29) is 12.0 Å². The van der Waals surface area contributed by atoms with Crippen LogP contribution in [0.5, 0.6) is 11.5 Å². The molecular weight excluding hydrogens is 577 g/mol. The van der Waals surface area contributed by atoms with Crippen molar-refractivity contribution in [2.45, 2.75) is 117 Å². The number of rotatable bonds is 15. The molecule has 0 saturated carbocycles. The van der Waals surface area contributed by atoms with Crippen LogP contribution in [0.4, 0.5) is 0 Å². The van der Waals surface area contributed by atoms with E-state index in [9.17, 15) is 5.11 Å². The van der Waals surface area contributed by atoms with Crippen LogP contribution in [0.3, 0.4) is 0 Å². The molecule has 2 heterocycles. The SMILES string of the molecule is CCC[CH2][Sn](/[CH]=C/C1(O)C[C@H]2c3cc(OC)c(OC)cc3CCN2CC1CC(C)C)([CH2]CCC)[CH2]CCC. The van der Waals surface area contributed by atoms with Crippen molar-refractivity contribution in [1.29, 1.82) is 0 Å². The summed E-state index contributed by atoms with van der Waals surface area (Å²) in [6, 6.07) is 4.58. The van der Waals surface area contributed by atoms with Crippen molar-refractivity contribution >= 4 is 18.4 Å². The monoisotopic (exact) mass is 635 g/mol. The van der Waals surface area contributed by atoms with E-state index in [1.54, 1.807) is 14.2 Å². The van der Waals surface area contributed by atoms with Gasteiger partial charge in [0.2, 0.25) is 0 Å². The maximum absolute atomic E-state index is 12.6. The Balaban J connectivity index is 2.00. The van der Waals surface area contributed by atoms with E-state index in [1.165, 1.54) is 63.0 Å². The van der Waals surface area contributed by atoms with Crippen LogP contribution in [0, 0.1) is 11.8 Å². The van der Waals surface area contributed by atoms with E-state index in [1.807, 2.05) is 0 Å². The van der Waals surface area contributed by atoms with Crippen molar-refractivity contribution < 1.29 is 14.6 Å². The molecule has 0 amide bonds. The summed E-state index contributed by atoms with van der Waals surface area (Å²) >= 11 is -2.51. The molecule has 2 aliphatic heterocycles. The van der Waals surface area contributed by atoms with Gasteiger partial charge in [0, 0.05) is 0 Å². The van der Waals surface area contributed by atoms with Gasteiger partial charge in [0.05, 0.1) is 0 Å². The Morgan fingerprint density at radius 3 is 2.11 bits per heavy atom. The summed E-state index contributed by atoms with van der Waals surface area (Å²) in [5.74, 6) is 2.46. The first-order chi connectivity index (χ1) is 18.2. The second-order valence-corrected chi connectivity index (χ2v) is 25.7. The zero-order valence-electron chi connectivity index (χ0n) is 25.7. The van der Waals surface area contributed by atoms with Crippen LogP contribution < -0.4 is 9.47 Å². The third-order valence-electron chi connectivity index (χ3n) is 9.36. The fraction of sp³-hybridized carbons (Fsp3) is 0.758. The van der Waals surface area contributed by atoms with Crippen molar-refractivity contribution in [3.63, 3.8) is 0 Å². The Morgan fingerprint density at radius 2 is 1.58 bits per heavy atom. The molecule has 1 fully saturated rings. The zero-order chi connectivity index (χ0) is 27.8. The Bertz CT molecular complexity index is 879. The molecule has 0 aliphatic carbocycles. The van der Waals surface area contributed by atoms with Crippen LogP contribution in [0.25, 0.3) is 0 Å². The first-order valence-electron chi connectivity index (χ1n) is 15.7. The molecule has 3 rings (SSSR count). The Hall–Kier alpha value is -0.721. The van der Waals surface area contributed by atoms with Crippen LogP contribution in [-0.2, 0) is 6.42 Å². The van der Waals surface area contributed by atoms with E-state index in [0.29, 0.717) is 5.92 Å². The van der Waals surface area contributed by atoms with Crippen LogP contribution in [0.15, 0.2) is 22.3 Å². The van der Waals surface area contributed by atoms with E-state index in [0.717, 1.165) is 43.9 Å². The average Bonchev–Trinajstić information content (AvgIpc) is 2.91. The number of methoxy groups -OCH3 is 2. The maximum atomic E-state index is 12.6. The standard InChI is InChI=1S/C21H30NO3.3C4H9.Sn/c1-6-21(23)12-18-17-11-20(25-5)19(24-4)10-15(17)7-8-22(18)13-16(21)9-14(2)3;3*1-3-4-2;/h1,6,10-11,14,16,18,23H,7-9,12-13H2,2-5H3;3*1,3-4H2,2H3;/t16?,18-,21?;;;;/m0..../s1. The topological polar surface area (TPSA) is 41.9 Å². The molecule has 2 aliphatic rings. The molecule has 3 atom stereocenters. The van der Waals surface area contributed by atoms with Crippen LogP contribution in [-0.4, -0.2) is 61.3 Å². The van der Waals surface area contributed by atoms with Crippen molar-refractivity contribution in [2.75, 3.05) is 27.3 Å². The van der Waals surface area contributed by atoms with Crippen molar-refractivity contribution in [3.8, 4) is 11.5 Å². The number of hydrogen-bond donors (Lipinski definition) is 1. The van der Waals surface area contributed by atoms with Gasteiger partial charge in [-0.05, 0) is 0 Å². The van der Waals surface area contributed by atoms with Gasteiger partial charge in [-0.25, -0.2) is 0 Å². The van der Waals surface area contributed by atoms with E-state index in [4.69, 9.17) is 9.47 Å². The van der Waals surface area contributed by atoms with Crippen molar-refractivity contribution in [2.24, 2.45) is 11.8 Å². The number of fused-ring (bicyclic) bond motifs is 3. The first-order valence-corrected chi connectivity index (χ1v) is 23.4. The molecule has 1 aromatic rings. The minimum absolute atomic E-state index is 0.225. The minimum atomic E-state index is -2.51. The number of hydrogen-bond acceptors (Lipinski definition) is 4. The number of ether oxygens (including phenoxy) is 2. The number of aliphatic hydroxyl groups is 1. The Kier molecular flexibility index (Phi) is 12.4. The van der Waals surface area contributed by atoms with Gasteiger partial charge >= 0.3 is 239 Å². The summed E-state index contributed by atoms with van der Waals surface area (Å²) in [4.78, 5) is 2.64. The molecule has 4 nitrogen and oxygen atoms in total. The molecule has 0 spiro atoms. The summed E-state index contributed by atoms with van der Waals surface area (Å²) < 4.78 is 18.4. The second-order valence-electron chi connectivity index (χ2n) is 12.7. The predicted octanol–water partition coefficient (Wildman–Crippen LogP) is 8.34. The van der Waals surface area contributed by atoms with Crippen LogP contribution in [0.1, 0.15) is 103 Å². The van der Waals surface area contributed by atoms with Gasteiger partial charge in [0.1, 0.15) is 0 Å². The Labute approximate surface area is 238 Å². The molecule has 0 aromatic heterocycles. The summed E-state index contributed by atoms with van der Waals surface area (Å²) in [6.45, 7) is 13.7. The normalized spacial score (nSPS) is 24.0. The third-order valence-corrected chi connectivity index (χ3v) is 23.4. The fourth-order valence-corrected chi connectivity index (χ4v) is 21.5. The van der Waals surface area contributed by atoms with E-state index < -0.39 is 24.0 Å². The molecule has 0 radical (unpaired) electrons. The summed E-state index contributed by atoms with van der Waals surface area (Å²) in [7, 11) is 3.44. The quantitative estimate of drug-likeness (QED) is 0.197. The third kappa shape index (κ3) is 7.72. The molecule has 38 heavy (non-hydrogen) atoms. The van der Waals surface area contributed by atoms with Gasteiger partial charge in [0.15, 0.2) is 0 Å². The van der Waals surface area contributed by atoms with Crippen LogP contribution >= 0.6 is 0 Å². The molecule has 5 heteroatoms. The summed E-state index contributed by atoms with van der Waals surface area (Å²) in [5, 5.41) is 12.6. The summed E-state index contributed by atoms with van der Waals surface area (Å²) in [6.07, 6.45) is 13.2. The van der Waals surface area contributed by atoms with Gasteiger partial charge in [-0.3, -0.25) is 0 Å². The molecule has 1 saturated heterocycles. The first kappa shape index (κ1) is 31.8. The second kappa shape index (κ2) is 14.8. The molecule has 0 bridgehead atoms. The fourth-order valence-electron chi connectivity index (χ4n) is 7.04. The van der Waals surface area contributed by atoms with E-state index in [2.05, 4.69) is 61.8 Å². The van der Waals surface area contributed by atoms with Crippen molar-refractivity contribution in [1.82, 2.24) is 4.90 Å². The molecule has 2 unspecified atom stereocenters. The molecule has 216 valence electrons. The Morgan fingerprint density at radius 1 is 1.00 bits per heavy atom. The number of benzene rings is 1. The number of nitrogens with zero attached hydrogens (tertiary/aromatic N) is 1. The van der Waals surface area contributed by atoms with Crippen molar-refractivity contribution in [3.05, 3.63) is 33.4 Å². The summed E-state index contributed by atoms with van der Waals surface area (Å²) in [5.41, 5.74) is 1.92. The number of piperidine rings is 1.